The molecule has 5 nitrogen and oxygen atoms in total. The fraction of sp³-hybridized carbons (Fsp3) is 0.111. The van der Waals surface area contributed by atoms with Gasteiger partial charge >= 0.3 is 0 Å². The van der Waals surface area contributed by atoms with Gasteiger partial charge in [0.1, 0.15) is 12.4 Å². The van der Waals surface area contributed by atoms with Gasteiger partial charge in [-0.2, -0.15) is 0 Å². The molecule has 2 N–H and O–H groups in total. The predicted octanol–water partition coefficient (Wildman–Crippen LogP) is 4.48. The summed E-state index contributed by atoms with van der Waals surface area (Å²) >= 11 is 5.91. The van der Waals surface area contributed by atoms with Crippen LogP contribution in [-0.4, -0.2) is 23.1 Å². The lowest BCUT2D eigenvalue weighted by molar-refractivity contribution is 0.323. The number of anilines is 3. The molecule has 0 aliphatic carbocycles. The van der Waals surface area contributed by atoms with Crippen molar-refractivity contribution in [2.75, 3.05) is 23.8 Å². The lowest BCUT2D eigenvalue weighted by Gasteiger charge is -2.22. The number of rotatable bonds is 3. The summed E-state index contributed by atoms with van der Waals surface area (Å²) in [6.07, 6.45) is 3.41. The summed E-state index contributed by atoms with van der Waals surface area (Å²) in [5.41, 5.74) is 3.02. The zero-order valence-corrected chi connectivity index (χ0v) is 13.8. The van der Waals surface area contributed by atoms with Crippen molar-refractivity contribution in [1.82, 2.24) is 9.97 Å². The topological polar surface area (TPSA) is 59.1 Å². The second-order valence-electron chi connectivity index (χ2n) is 5.50. The Balaban J connectivity index is 1.80. The van der Waals surface area contributed by atoms with Crippen LogP contribution in [-0.2, 0) is 0 Å². The second kappa shape index (κ2) is 6.57. The summed E-state index contributed by atoms with van der Waals surface area (Å²) in [7, 11) is 0. The van der Waals surface area contributed by atoms with Crippen LogP contribution in [0.15, 0.2) is 48.8 Å². The maximum atomic E-state index is 13.5. The van der Waals surface area contributed by atoms with Gasteiger partial charge in [-0.25, -0.2) is 9.37 Å². The first kappa shape index (κ1) is 15.7. The number of halogens is 2. The number of hydrogen-bond donors (Lipinski definition) is 2. The molecular weight excluding hydrogens is 343 g/mol. The van der Waals surface area contributed by atoms with Gasteiger partial charge in [-0.1, -0.05) is 11.6 Å². The summed E-state index contributed by atoms with van der Waals surface area (Å²) in [6, 6.07) is 10.1. The molecule has 126 valence electrons. The summed E-state index contributed by atoms with van der Waals surface area (Å²) in [5.74, 6) is 0.834. The zero-order chi connectivity index (χ0) is 17.2. The van der Waals surface area contributed by atoms with Gasteiger partial charge in [-0.3, -0.25) is 4.98 Å². The molecule has 0 fully saturated rings. The van der Waals surface area contributed by atoms with Gasteiger partial charge in [0, 0.05) is 23.6 Å². The fourth-order valence-electron chi connectivity index (χ4n) is 2.61. The van der Waals surface area contributed by atoms with E-state index in [4.69, 9.17) is 16.3 Å². The highest BCUT2D eigenvalue weighted by Gasteiger charge is 2.19. The minimum absolute atomic E-state index is 0.0601. The summed E-state index contributed by atoms with van der Waals surface area (Å²) in [4.78, 5) is 8.60. The minimum atomic E-state index is -0.458. The maximum Gasteiger partial charge on any atom is 0.185 e. The van der Waals surface area contributed by atoms with Crippen LogP contribution in [0.25, 0.3) is 11.3 Å². The van der Waals surface area contributed by atoms with E-state index in [0.717, 1.165) is 16.9 Å². The first-order valence-corrected chi connectivity index (χ1v) is 8.13. The van der Waals surface area contributed by atoms with Crippen molar-refractivity contribution in [3.63, 3.8) is 0 Å². The van der Waals surface area contributed by atoms with Crippen LogP contribution in [0, 0.1) is 5.82 Å². The molecule has 0 saturated heterocycles. The molecule has 0 unspecified atom stereocenters. The molecule has 0 bridgehead atoms. The van der Waals surface area contributed by atoms with E-state index in [1.807, 2.05) is 18.2 Å². The van der Waals surface area contributed by atoms with Crippen molar-refractivity contribution in [2.45, 2.75) is 0 Å². The van der Waals surface area contributed by atoms with Crippen molar-refractivity contribution < 1.29 is 9.13 Å². The van der Waals surface area contributed by atoms with E-state index < -0.39 is 5.82 Å². The third kappa shape index (κ3) is 3.21. The van der Waals surface area contributed by atoms with Crippen LogP contribution >= 0.6 is 11.6 Å². The van der Waals surface area contributed by atoms with E-state index in [1.165, 1.54) is 6.07 Å². The lowest BCUT2D eigenvalue weighted by Crippen LogP contribution is -2.20. The lowest BCUT2D eigenvalue weighted by atomic mass is 10.1. The van der Waals surface area contributed by atoms with Crippen LogP contribution < -0.4 is 15.4 Å². The largest absolute Gasteiger partial charge is 0.486 e. The molecular formula is C18H14ClFN4O. The molecule has 1 aliphatic heterocycles. The Morgan fingerprint density at radius 2 is 2.00 bits per heavy atom. The predicted molar refractivity (Wildman–Crippen MR) is 96.1 cm³/mol. The van der Waals surface area contributed by atoms with Crippen LogP contribution in [0.1, 0.15) is 0 Å². The molecule has 3 heterocycles. The summed E-state index contributed by atoms with van der Waals surface area (Å²) in [5, 5.41) is 6.61. The SMILES string of the molecule is Fc1ccc(-c2cc(Nc3ccncc3)c3c(n2)NCCO3)cc1Cl. The van der Waals surface area contributed by atoms with Gasteiger partial charge in [-0.05, 0) is 36.4 Å². The molecule has 25 heavy (non-hydrogen) atoms. The fourth-order valence-corrected chi connectivity index (χ4v) is 2.79. The molecule has 0 amide bonds. The molecule has 1 aliphatic rings. The summed E-state index contributed by atoms with van der Waals surface area (Å²) < 4.78 is 19.2. The quantitative estimate of drug-likeness (QED) is 0.724. The van der Waals surface area contributed by atoms with Gasteiger partial charge < -0.3 is 15.4 Å². The highest BCUT2D eigenvalue weighted by atomic mass is 35.5. The smallest absolute Gasteiger partial charge is 0.185 e. The molecule has 2 aromatic heterocycles. The zero-order valence-electron chi connectivity index (χ0n) is 13.1. The Bertz CT molecular complexity index is 920. The number of nitrogens with zero attached hydrogens (tertiary/aromatic N) is 2. The Hall–Kier alpha value is -2.86. The van der Waals surface area contributed by atoms with Gasteiger partial charge in [0.2, 0.25) is 0 Å². The Labute approximate surface area is 148 Å². The van der Waals surface area contributed by atoms with E-state index in [2.05, 4.69) is 20.6 Å². The van der Waals surface area contributed by atoms with Crippen LogP contribution in [0.3, 0.4) is 0 Å². The van der Waals surface area contributed by atoms with E-state index in [9.17, 15) is 4.39 Å². The van der Waals surface area contributed by atoms with E-state index >= 15 is 0 Å². The molecule has 1 aromatic carbocycles. The number of hydrogen-bond acceptors (Lipinski definition) is 5. The first-order valence-electron chi connectivity index (χ1n) is 7.75. The first-order chi connectivity index (χ1) is 12.2. The number of nitrogens with one attached hydrogen (secondary N) is 2. The minimum Gasteiger partial charge on any atom is -0.486 e. The highest BCUT2D eigenvalue weighted by molar-refractivity contribution is 6.31. The maximum absolute atomic E-state index is 13.5. The number of benzene rings is 1. The number of pyridine rings is 2. The Morgan fingerprint density at radius 1 is 1.16 bits per heavy atom. The van der Waals surface area contributed by atoms with Crippen molar-refractivity contribution in [3.05, 3.63) is 59.6 Å². The third-order valence-corrected chi connectivity index (χ3v) is 4.08. The molecule has 0 atom stereocenters. The molecule has 0 saturated carbocycles. The Kier molecular flexibility index (Phi) is 4.11. The Morgan fingerprint density at radius 3 is 2.80 bits per heavy atom. The normalized spacial score (nSPS) is 12.7. The molecule has 0 radical (unpaired) electrons. The van der Waals surface area contributed by atoms with Crippen molar-refractivity contribution in [2.24, 2.45) is 0 Å². The van der Waals surface area contributed by atoms with Gasteiger partial charge in [-0.15, -0.1) is 0 Å². The average molecular weight is 357 g/mol. The van der Waals surface area contributed by atoms with Crippen molar-refractivity contribution in [1.29, 1.82) is 0 Å². The number of aromatic nitrogens is 2. The number of ether oxygens (including phenoxy) is 1. The summed E-state index contributed by atoms with van der Waals surface area (Å²) in [6.45, 7) is 1.23. The molecule has 3 aromatic rings. The molecule has 4 rings (SSSR count). The number of fused-ring (bicyclic) bond motifs is 1. The van der Waals surface area contributed by atoms with E-state index in [1.54, 1.807) is 24.5 Å². The third-order valence-electron chi connectivity index (χ3n) is 3.79. The highest BCUT2D eigenvalue weighted by Crippen LogP contribution is 2.39. The van der Waals surface area contributed by atoms with Crippen molar-refractivity contribution >= 4 is 28.8 Å². The standard InChI is InChI=1S/C18H14ClFN4O/c19-13-9-11(1-2-14(13)20)15-10-16(23-12-3-5-21-6-4-12)17-18(24-15)22-7-8-25-17/h1-6,9-10H,7-8H2,(H2,21,22,23,24). The molecule has 7 heteroatoms. The van der Waals surface area contributed by atoms with E-state index in [-0.39, 0.29) is 5.02 Å². The van der Waals surface area contributed by atoms with Gasteiger partial charge in [0.05, 0.1) is 22.9 Å². The average Bonchev–Trinajstić information content (AvgIpc) is 2.65. The van der Waals surface area contributed by atoms with Crippen LogP contribution in [0.4, 0.5) is 21.6 Å². The van der Waals surface area contributed by atoms with Gasteiger partial charge in [0.25, 0.3) is 0 Å². The van der Waals surface area contributed by atoms with Crippen LogP contribution in [0.2, 0.25) is 5.02 Å². The van der Waals surface area contributed by atoms with Crippen molar-refractivity contribution in [3.8, 4) is 17.0 Å². The molecule has 0 spiro atoms. The monoisotopic (exact) mass is 356 g/mol. The second-order valence-corrected chi connectivity index (χ2v) is 5.91. The van der Waals surface area contributed by atoms with E-state index in [0.29, 0.717) is 30.4 Å². The van der Waals surface area contributed by atoms with Gasteiger partial charge in [0.15, 0.2) is 11.6 Å². The van der Waals surface area contributed by atoms with Crippen LogP contribution in [0.5, 0.6) is 5.75 Å².